The molecule has 4 nitrogen and oxygen atoms in total. The van der Waals surface area contributed by atoms with Crippen molar-refractivity contribution in [2.24, 2.45) is 5.92 Å². The molecule has 1 aliphatic carbocycles. The van der Waals surface area contributed by atoms with Gasteiger partial charge in [0.1, 0.15) is 11.9 Å². The molecule has 1 unspecified atom stereocenters. The summed E-state index contributed by atoms with van der Waals surface area (Å²) in [5.41, 5.74) is -0.469. The summed E-state index contributed by atoms with van der Waals surface area (Å²) in [7, 11) is 0. The number of hydrogen-bond donors (Lipinski definition) is 1. The Morgan fingerprint density at radius 1 is 1.38 bits per heavy atom. The van der Waals surface area contributed by atoms with Gasteiger partial charge in [0.2, 0.25) is 0 Å². The third-order valence-electron chi connectivity index (χ3n) is 2.63. The minimum Gasteiger partial charge on any atom is -0.444 e. The highest BCUT2D eigenvalue weighted by molar-refractivity contribution is 5.68. The normalized spacial score (nSPS) is 25.9. The highest BCUT2D eigenvalue weighted by atomic mass is 16.6. The zero-order chi connectivity index (χ0) is 12.2. The number of carbonyl (C=O) groups is 2. The van der Waals surface area contributed by atoms with Gasteiger partial charge in [-0.1, -0.05) is 6.42 Å². The van der Waals surface area contributed by atoms with Crippen LogP contribution in [-0.4, -0.2) is 24.0 Å². The number of alkyl carbamates (subject to hydrolysis) is 1. The summed E-state index contributed by atoms with van der Waals surface area (Å²) in [5.74, 6) is 0.0914. The van der Waals surface area contributed by atoms with Gasteiger partial charge in [0.15, 0.2) is 0 Å². The average Bonchev–Trinajstić information content (AvgIpc) is 2.15. The maximum Gasteiger partial charge on any atom is 0.407 e. The lowest BCUT2D eigenvalue weighted by molar-refractivity contribution is -0.112. The molecule has 2 atom stereocenters. The SMILES string of the molecule is CC(C)(C)OC(=O)NC1CCC[C@H](C=O)C1. The Morgan fingerprint density at radius 2 is 2.06 bits per heavy atom. The number of amides is 1. The number of rotatable bonds is 2. The summed E-state index contributed by atoms with van der Waals surface area (Å²) in [6.45, 7) is 5.50. The molecule has 0 bridgehead atoms. The van der Waals surface area contributed by atoms with E-state index in [1.807, 2.05) is 20.8 Å². The van der Waals surface area contributed by atoms with E-state index >= 15 is 0 Å². The molecular formula is C12H21NO3. The molecule has 0 radical (unpaired) electrons. The van der Waals surface area contributed by atoms with Crippen molar-refractivity contribution in [2.45, 2.75) is 58.1 Å². The third kappa shape index (κ3) is 4.64. The van der Waals surface area contributed by atoms with Crippen LogP contribution < -0.4 is 5.32 Å². The lowest BCUT2D eigenvalue weighted by atomic mass is 9.87. The van der Waals surface area contributed by atoms with Gasteiger partial charge in [0.25, 0.3) is 0 Å². The van der Waals surface area contributed by atoms with Crippen LogP contribution in [0.1, 0.15) is 46.5 Å². The molecule has 1 rings (SSSR count). The van der Waals surface area contributed by atoms with Crippen molar-refractivity contribution >= 4 is 12.4 Å². The molecule has 0 aromatic heterocycles. The van der Waals surface area contributed by atoms with E-state index in [-0.39, 0.29) is 18.1 Å². The molecule has 1 N–H and O–H groups in total. The number of ether oxygens (including phenoxy) is 1. The van der Waals surface area contributed by atoms with E-state index in [0.29, 0.717) is 0 Å². The zero-order valence-electron chi connectivity index (χ0n) is 10.3. The van der Waals surface area contributed by atoms with Crippen LogP contribution in [0.3, 0.4) is 0 Å². The van der Waals surface area contributed by atoms with Gasteiger partial charge in [-0.25, -0.2) is 4.79 Å². The van der Waals surface area contributed by atoms with Crippen LogP contribution >= 0.6 is 0 Å². The lowest BCUT2D eigenvalue weighted by Gasteiger charge is -2.28. The Bertz CT molecular complexity index is 257. The topological polar surface area (TPSA) is 55.4 Å². The van der Waals surface area contributed by atoms with Crippen LogP contribution in [0.4, 0.5) is 4.79 Å². The van der Waals surface area contributed by atoms with E-state index in [0.717, 1.165) is 32.0 Å². The van der Waals surface area contributed by atoms with Gasteiger partial charge < -0.3 is 14.8 Å². The summed E-state index contributed by atoms with van der Waals surface area (Å²) in [6.07, 6.45) is 4.21. The third-order valence-corrected chi connectivity index (χ3v) is 2.63. The van der Waals surface area contributed by atoms with E-state index < -0.39 is 5.60 Å². The molecule has 0 spiro atoms. The summed E-state index contributed by atoms with van der Waals surface area (Å²) in [5, 5.41) is 2.82. The molecule has 4 heteroatoms. The molecule has 1 fully saturated rings. The van der Waals surface area contributed by atoms with Crippen molar-refractivity contribution in [1.82, 2.24) is 5.32 Å². The van der Waals surface area contributed by atoms with Crippen LogP contribution in [0.15, 0.2) is 0 Å². The summed E-state index contributed by atoms with van der Waals surface area (Å²) in [6, 6.07) is 0.0822. The van der Waals surface area contributed by atoms with Crippen LogP contribution in [0.25, 0.3) is 0 Å². The number of aldehydes is 1. The molecule has 0 heterocycles. The standard InChI is InChI=1S/C12H21NO3/c1-12(2,3)16-11(15)13-10-6-4-5-9(7-10)8-14/h8-10H,4-7H2,1-3H3,(H,13,15)/t9-,10?/m0/s1. The first kappa shape index (κ1) is 13.0. The van der Waals surface area contributed by atoms with Crippen molar-refractivity contribution in [3.63, 3.8) is 0 Å². The Hall–Kier alpha value is -1.06. The number of hydrogen-bond acceptors (Lipinski definition) is 3. The number of carbonyl (C=O) groups excluding carboxylic acids is 2. The maximum atomic E-state index is 11.5. The smallest absolute Gasteiger partial charge is 0.407 e. The van der Waals surface area contributed by atoms with E-state index in [1.165, 1.54) is 0 Å². The predicted molar refractivity (Wildman–Crippen MR) is 61.2 cm³/mol. The Kier molecular flexibility index (Phi) is 4.33. The fourth-order valence-electron chi connectivity index (χ4n) is 1.96. The van der Waals surface area contributed by atoms with E-state index in [1.54, 1.807) is 0 Å². The van der Waals surface area contributed by atoms with Crippen molar-refractivity contribution < 1.29 is 14.3 Å². The molecule has 0 aliphatic heterocycles. The van der Waals surface area contributed by atoms with Gasteiger partial charge >= 0.3 is 6.09 Å². The highest BCUT2D eigenvalue weighted by Gasteiger charge is 2.24. The Morgan fingerprint density at radius 3 is 2.62 bits per heavy atom. The van der Waals surface area contributed by atoms with Gasteiger partial charge in [-0.05, 0) is 40.0 Å². The molecule has 0 aromatic rings. The number of nitrogens with one attached hydrogen (secondary N) is 1. The molecule has 1 aliphatic rings. The van der Waals surface area contributed by atoms with Gasteiger partial charge in [0, 0.05) is 12.0 Å². The summed E-state index contributed by atoms with van der Waals surface area (Å²) in [4.78, 5) is 22.2. The first-order valence-corrected chi connectivity index (χ1v) is 5.85. The largest absolute Gasteiger partial charge is 0.444 e. The molecule has 1 saturated carbocycles. The Labute approximate surface area is 96.7 Å². The average molecular weight is 227 g/mol. The molecule has 92 valence electrons. The van der Waals surface area contributed by atoms with Crippen LogP contribution in [-0.2, 0) is 9.53 Å². The van der Waals surface area contributed by atoms with Crippen molar-refractivity contribution in [3.8, 4) is 0 Å². The lowest BCUT2D eigenvalue weighted by Crippen LogP contribution is -2.41. The quantitative estimate of drug-likeness (QED) is 0.736. The van der Waals surface area contributed by atoms with E-state index in [2.05, 4.69) is 5.32 Å². The fourth-order valence-corrected chi connectivity index (χ4v) is 1.96. The summed E-state index contributed by atoms with van der Waals surface area (Å²) >= 11 is 0. The maximum absolute atomic E-state index is 11.5. The van der Waals surface area contributed by atoms with Crippen LogP contribution in [0.2, 0.25) is 0 Å². The first-order chi connectivity index (χ1) is 7.40. The first-order valence-electron chi connectivity index (χ1n) is 5.85. The highest BCUT2D eigenvalue weighted by Crippen LogP contribution is 2.22. The monoisotopic (exact) mass is 227 g/mol. The van der Waals surface area contributed by atoms with Crippen molar-refractivity contribution in [2.75, 3.05) is 0 Å². The summed E-state index contributed by atoms with van der Waals surface area (Å²) < 4.78 is 5.17. The second-order valence-electron chi connectivity index (χ2n) is 5.41. The molecule has 1 amide bonds. The fraction of sp³-hybridized carbons (Fsp3) is 0.833. The Balaban J connectivity index is 2.36. The van der Waals surface area contributed by atoms with Crippen LogP contribution in [0, 0.1) is 5.92 Å². The van der Waals surface area contributed by atoms with E-state index in [9.17, 15) is 9.59 Å². The van der Waals surface area contributed by atoms with Gasteiger partial charge in [-0.15, -0.1) is 0 Å². The van der Waals surface area contributed by atoms with Gasteiger partial charge in [-0.3, -0.25) is 0 Å². The zero-order valence-corrected chi connectivity index (χ0v) is 10.3. The van der Waals surface area contributed by atoms with Crippen molar-refractivity contribution in [3.05, 3.63) is 0 Å². The second-order valence-corrected chi connectivity index (χ2v) is 5.41. The van der Waals surface area contributed by atoms with Gasteiger partial charge in [0.05, 0.1) is 0 Å². The minimum atomic E-state index is -0.469. The minimum absolute atomic E-state index is 0.0822. The van der Waals surface area contributed by atoms with Crippen molar-refractivity contribution in [1.29, 1.82) is 0 Å². The molecule has 16 heavy (non-hydrogen) atoms. The van der Waals surface area contributed by atoms with Gasteiger partial charge in [-0.2, -0.15) is 0 Å². The predicted octanol–water partition coefficient (Wildman–Crippen LogP) is 2.27. The molecular weight excluding hydrogens is 206 g/mol. The molecule has 0 saturated heterocycles. The second kappa shape index (κ2) is 5.32. The van der Waals surface area contributed by atoms with E-state index in [4.69, 9.17) is 4.74 Å². The molecule has 0 aromatic carbocycles. The van der Waals surface area contributed by atoms with Crippen LogP contribution in [0.5, 0.6) is 0 Å².